The molecule has 2 rings (SSSR count). The summed E-state index contributed by atoms with van der Waals surface area (Å²) in [5, 5.41) is 0.888. The number of thioether (sulfide) groups is 2. The highest BCUT2D eigenvalue weighted by Gasteiger charge is 2.36. The van der Waals surface area contributed by atoms with Gasteiger partial charge in [-0.1, -0.05) is 65.2 Å². The van der Waals surface area contributed by atoms with Crippen LogP contribution in [0.15, 0.2) is 18.7 Å². The van der Waals surface area contributed by atoms with Crippen molar-refractivity contribution >= 4 is 23.5 Å². The maximum Gasteiger partial charge on any atom is 0.0945 e. The van der Waals surface area contributed by atoms with Crippen LogP contribution in [0.3, 0.4) is 0 Å². The highest BCUT2D eigenvalue weighted by Crippen LogP contribution is 2.52. The Balaban J connectivity index is 1.72. The largest absolute Gasteiger partial charge is 0.337 e. The van der Waals surface area contributed by atoms with E-state index in [9.17, 15) is 0 Å². The summed E-state index contributed by atoms with van der Waals surface area (Å²) in [6.45, 7) is 5.80. The van der Waals surface area contributed by atoms with Crippen molar-refractivity contribution in [3.05, 3.63) is 18.7 Å². The molecule has 150 valence electrons. The summed E-state index contributed by atoms with van der Waals surface area (Å²) in [5.74, 6) is 1.37. The highest BCUT2D eigenvalue weighted by atomic mass is 32.2. The van der Waals surface area contributed by atoms with Crippen LogP contribution in [-0.4, -0.2) is 24.6 Å². The smallest absolute Gasteiger partial charge is 0.0945 e. The monoisotopic (exact) mass is 396 g/mol. The van der Waals surface area contributed by atoms with Crippen molar-refractivity contribution in [2.75, 3.05) is 5.75 Å². The minimum Gasteiger partial charge on any atom is -0.337 e. The lowest BCUT2D eigenvalue weighted by molar-refractivity contribution is 0.515. The van der Waals surface area contributed by atoms with Crippen LogP contribution >= 0.6 is 23.5 Å². The van der Waals surface area contributed by atoms with E-state index < -0.39 is 0 Å². The Bertz CT molecular complexity index is 449. The molecule has 2 unspecified atom stereocenters. The zero-order chi connectivity index (χ0) is 18.5. The van der Waals surface area contributed by atoms with Gasteiger partial charge in [0.2, 0.25) is 0 Å². The fraction of sp³-hybridized carbons (Fsp3) is 0.864. The minimum absolute atomic E-state index is 0.488. The lowest BCUT2D eigenvalue weighted by Crippen LogP contribution is -2.29. The van der Waals surface area contributed by atoms with Gasteiger partial charge in [-0.2, -0.15) is 0 Å². The zero-order valence-corrected chi connectivity index (χ0v) is 18.8. The van der Waals surface area contributed by atoms with Gasteiger partial charge >= 0.3 is 0 Å². The first-order chi connectivity index (χ1) is 12.8. The molecule has 0 aromatic carbocycles. The molecule has 0 bridgehead atoms. The Hall–Kier alpha value is -0.0900. The van der Waals surface area contributed by atoms with Gasteiger partial charge in [-0.05, 0) is 37.9 Å². The second-order valence-corrected chi connectivity index (χ2v) is 11.2. The fourth-order valence-corrected chi connectivity index (χ4v) is 7.89. The fourth-order valence-electron chi connectivity index (χ4n) is 3.93. The van der Waals surface area contributed by atoms with Crippen LogP contribution in [0.2, 0.25) is 0 Å². The lowest BCUT2D eigenvalue weighted by Gasteiger charge is -2.40. The van der Waals surface area contributed by atoms with E-state index in [1.807, 2.05) is 12.5 Å². The molecule has 0 N–H and O–H groups in total. The van der Waals surface area contributed by atoms with Crippen molar-refractivity contribution in [1.29, 1.82) is 0 Å². The third-order valence-corrected chi connectivity index (χ3v) is 9.34. The molecule has 2 nitrogen and oxygen atoms in total. The van der Waals surface area contributed by atoms with Crippen molar-refractivity contribution in [3.8, 4) is 0 Å². The van der Waals surface area contributed by atoms with Crippen molar-refractivity contribution in [3.63, 3.8) is 0 Å². The summed E-state index contributed by atoms with van der Waals surface area (Å²) in [7, 11) is 0. The second-order valence-electron chi connectivity index (χ2n) is 7.82. The summed E-state index contributed by atoms with van der Waals surface area (Å²) in [5.41, 5.74) is 0. The third kappa shape index (κ3) is 8.29. The molecular weight excluding hydrogens is 356 g/mol. The van der Waals surface area contributed by atoms with Crippen LogP contribution < -0.4 is 0 Å². The first-order valence-electron chi connectivity index (χ1n) is 11.1. The Morgan fingerprint density at radius 3 is 2.42 bits per heavy atom. The van der Waals surface area contributed by atoms with E-state index in [2.05, 4.69) is 53.1 Å². The van der Waals surface area contributed by atoms with Gasteiger partial charge in [-0.15, -0.1) is 23.5 Å². The summed E-state index contributed by atoms with van der Waals surface area (Å²) in [6.07, 6.45) is 24.2. The van der Waals surface area contributed by atoms with Gasteiger partial charge in [0.15, 0.2) is 0 Å². The van der Waals surface area contributed by atoms with Gasteiger partial charge in [0, 0.05) is 24.2 Å². The van der Waals surface area contributed by atoms with Gasteiger partial charge in [-0.25, -0.2) is 4.98 Å². The van der Waals surface area contributed by atoms with E-state index in [4.69, 9.17) is 0 Å². The molecule has 0 aliphatic carbocycles. The van der Waals surface area contributed by atoms with Crippen LogP contribution in [0.5, 0.6) is 0 Å². The quantitative estimate of drug-likeness (QED) is 0.302. The molecule has 1 aromatic heterocycles. The predicted molar refractivity (Wildman–Crippen MR) is 120 cm³/mol. The van der Waals surface area contributed by atoms with Crippen molar-refractivity contribution < 1.29 is 0 Å². The maximum atomic E-state index is 4.18. The number of hydrogen-bond donors (Lipinski definition) is 0. The molecule has 4 heteroatoms. The van der Waals surface area contributed by atoms with E-state index in [1.165, 1.54) is 89.2 Å². The topological polar surface area (TPSA) is 17.8 Å². The Morgan fingerprint density at radius 1 is 1.00 bits per heavy atom. The molecule has 0 amide bonds. The number of rotatable bonds is 14. The summed E-state index contributed by atoms with van der Waals surface area (Å²) >= 11 is 4.61. The third-order valence-electron chi connectivity index (χ3n) is 5.59. The standard InChI is InChI=1S/C22H40N2S2/c1-3-5-6-7-8-9-10-11-14-22(25-19-13-21(4-2)26-22)15-12-17-24-18-16-23-20-24/h16,18,20-21H,3-15,17,19H2,1-2H3. The second kappa shape index (κ2) is 13.1. The number of unbranched alkanes of at least 4 members (excludes halogenated alkanes) is 7. The number of aromatic nitrogens is 2. The molecular formula is C22H40N2S2. The van der Waals surface area contributed by atoms with E-state index in [1.54, 1.807) is 0 Å². The van der Waals surface area contributed by atoms with E-state index in [0.29, 0.717) is 4.08 Å². The van der Waals surface area contributed by atoms with Gasteiger partial charge in [0.05, 0.1) is 10.4 Å². The Morgan fingerprint density at radius 2 is 1.73 bits per heavy atom. The predicted octanol–water partition coefficient (Wildman–Crippen LogP) is 7.54. The van der Waals surface area contributed by atoms with Gasteiger partial charge < -0.3 is 4.57 Å². The first kappa shape index (κ1) is 22.2. The van der Waals surface area contributed by atoms with Crippen LogP contribution in [-0.2, 0) is 6.54 Å². The lowest BCUT2D eigenvalue weighted by atomic mass is 10.0. The summed E-state index contributed by atoms with van der Waals surface area (Å²) < 4.78 is 2.72. The van der Waals surface area contributed by atoms with Gasteiger partial charge in [0.25, 0.3) is 0 Å². The Labute approximate surface area is 170 Å². The van der Waals surface area contributed by atoms with Crippen molar-refractivity contribution in [2.24, 2.45) is 0 Å². The maximum absolute atomic E-state index is 4.18. The minimum atomic E-state index is 0.488. The summed E-state index contributed by atoms with van der Waals surface area (Å²) in [6, 6.07) is 0. The normalized spacial score (nSPS) is 23.4. The molecule has 1 aliphatic rings. The SMILES string of the molecule is CCCCCCCCCCC1(CCCn2ccnc2)SCCC(CC)S1. The van der Waals surface area contributed by atoms with Crippen LogP contribution in [0.1, 0.15) is 97.3 Å². The molecule has 0 spiro atoms. The van der Waals surface area contributed by atoms with Gasteiger partial charge in [-0.3, -0.25) is 0 Å². The van der Waals surface area contributed by atoms with Crippen LogP contribution in [0.25, 0.3) is 0 Å². The molecule has 2 heterocycles. The van der Waals surface area contributed by atoms with Crippen LogP contribution in [0.4, 0.5) is 0 Å². The molecule has 0 radical (unpaired) electrons. The van der Waals surface area contributed by atoms with E-state index in [0.717, 1.165) is 11.8 Å². The first-order valence-corrected chi connectivity index (χ1v) is 12.9. The molecule has 1 saturated heterocycles. The summed E-state index contributed by atoms with van der Waals surface area (Å²) in [4.78, 5) is 4.18. The average Bonchev–Trinajstić information content (AvgIpc) is 3.17. The number of imidazole rings is 1. The van der Waals surface area contributed by atoms with Crippen molar-refractivity contribution in [2.45, 2.75) is 113 Å². The van der Waals surface area contributed by atoms with E-state index >= 15 is 0 Å². The molecule has 0 saturated carbocycles. The number of hydrogen-bond acceptors (Lipinski definition) is 3. The Kier molecular flexibility index (Phi) is 11.2. The zero-order valence-electron chi connectivity index (χ0n) is 17.1. The van der Waals surface area contributed by atoms with Crippen molar-refractivity contribution in [1.82, 2.24) is 9.55 Å². The van der Waals surface area contributed by atoms with E-state index in [-0.39, 0.29) is 0 Å². The highest BCUT2D eigenvalue weighted by molar-refractivity contribution is 8.19. The number of aryl methyl sites for hydroxylation is 1. The molecule has 1 aliphatic heterocycles. The molecule has 26 heavy (non-hydrogen) atoms. The molecule has 1 aromatic rings. The number of nitrogens with zero attached hydrogens (tertiary/aromatic N) is 2. The molecule has 1 fully saturated rings. The molecule has 2 atom stereocenters. The van der Waals surface area contributed by atoms with Gasteiger partial charge in [0.1, 0.15) is 0 Å². The van der Waals surface area contributed by atoms with Crippen LogP contribution in [0, 0.1) is 0 Å². The average molecular weight is 397 g/mol.